The van der Waals surface area contributed by atoms with Crippen molar-refractivity contribution in [3.8, 4) is 5.75 Å². The maximum Gasteiger partial charge on any atom is 0.258 e. The second-order valence-corrected chi connectivity index (χ2v) is 8.97. The first-order valence-electron chi connectivity index (χ1n) is 10.7. The number of carbonyl (C=O) groups excluding carboxylic acids is 1. The molecule has 4 nitrogen and oxygen atoms in total. The van der Waals surface area contributed by atoms with E-state index < -0.39 is 0 Å². The fourth-order valence-corrected chi connectivity index (χ4v) is 3.82. The standard InChI is InChI=1S/C25H34N2O2/c1-25(2,3)22-12-5-6-13-23(22)29-19-24(28)26-17-20-10-9-11-21(16-20)18-27-14-7-4-8-15-27/h5-6,9-13,16H,4,7-8,14-15,17-19H2,1-3H3,(H,26,28). The molecule has 0 spiro atoms. The number of hydrogen-bond donors (Lipinski definition) is 1. The Kier molecular flexibility index (Phi) is 7.32. The molecule has 156 valence electrons. The second kappa shape index (κ2) is 9.93. The molecule has 0 saturated carbocycles. The van der Waals surface area contributed by atoms with Gasteiger partial charge in [-0.15, -0.1) is 0 Å². The number of benzene rings is 2. The third-order valence-corrected chi connectivity index (χ3v) is 5.39. The second-order valence-electron chi connectivity index (χ2n) is 8.97. The van der Waals surface area contributed by atoms with Crippen LogP contribution in [0.4, 0.5) is 0 Å². The minimum atomic E-state index is -0.102. The zero-order chi connectivity index (χ0) is 20.7. The van der Waals surface area contributed by atoms with Crippen molar-refractivity contribution in [2.24, 2.45) is 0 Å². The van der Waals surface area contributed by atoms with Gasteiger partial charge in [0, 0.05) is 13.1 Å². The van der Waals surface area contributed by atoms with E-state index in [0.29, 0.717) is 6.54 Å². The van der Waals surface area contributed by atoms with Gasteiger partial charge in [0.25, 0.3) is 5.91 Å². The molecule has 1 heterocycles. The highest BCUT2D eigenvalue weighted by Gasteiger charge is 2.19. The molecule has 1 N–H and O–H groups in total. The van der Waals surface area contributed by atoms with Gasteiger partial charge >= 0.3 is 0 Å². The van der Waals surface area contributed by atoms with E-state index in [9.17, 15) is 4.79 Å². The molecule has 0 aliphatic carbocycles. The van der Waals surface area contributed by atoms with Gasteiger partial charge in [-0.1, -0.05) is 69.7 Å². The van der Waals surface area contributed by atoms with Crippen molar-refractivity contribution in [2.45, 2.75) is 58.5 Å². The third-order valence-electron chi connectivity index (χ3n) is 5.39. The molecule has 0 unspecified atom stereocenters. The lowest BCUT2D eigenvalue weighted by Crippen LogP contribution is -2.30. The Morgan fingerprint density at radius 3 is 2.48 bits per heavy atom. The molecule has 0 aromatic heterocycles. The van der Waals surface area contributed by atoms with Crippen LogP contribution in [0.15, 0.2) is 48.5 Å². The van der Waals surface area contributed by atoms with Gasteiger partial charge in [0.15, 0.2) is 6.61 Å². The SMILES string of the molecule is CC(C)(C)c1ccccc1OCC(=O)NCc1cccc(CN2CCCCC2)c1. The predicted octanol–water partition coefficient (Wildman–Crippen LogP) is 4.67. The summed E-state index contributed by atoms with van der Waals surface area (Å²) < 4.78 is 5.82. The van der Waals surface area contributed by atoms with Gasteiger partial charge in [-0.3, -0.25) is 9.69 Å². The minimum Gasteiger partial charge on any atom is -0.483 e. The van der Waals surface area contributed by atoms with Gasteiger partial charge in [0.1, 0.15) is 5.75 Å². The molecule has 2 aromatic carbocycles. The highest BCUT2D eigenvalue weighted by atomic mass is 16.5. The fraction of sp³-hybridized carbons (Fsp3) is 0.480. The summed E-state index contributed by atoms with van der Waals surface area (Å²) >= 11 is 0. The number of nitrogens with one attached hydrogen (secondary N) is 1. The summed E-state index contributed by atoms with van der Waals surface area (Å²) in [4.78, 5) is 14.8. The summed E-state index contributed by atoms with van der Waals surface area (Å²) in [5.74, 6) is 0.675. The Hall–Kier alpha value is -2.33. The largest absolute Gasteiger partial charge is 0.483 e. The first-order valence-corrected chi connectivity index (χ1v) is 10.7. The molecule has 1 saturated heterocycles. The number of amides is 1. The molecule has 2 aromatic rings. The zero-order valence-electron chi connectivity index (χ0n) is 18.0. The van der Waals surface area contributed by atoms with Crippen LogP contribution in [0.5, 0.6) is 5.75 Å². The number of hydrogen-bond acceptors (Lipinski definition) is 3. The predicted molar refractivity (Wildman–Crippen MR) is 118 cm³/mol. The molecule has 3 rings (SSSR count). The number of nitrogens with zero attached hydrogens (tertiary/aromatic N) is 1. The molecule has 0 radical (unpaired) electrons. The molecular weight excluding hydrogens is 360 g/mol. The summed E-state index contributed by atoms with van der Waals surface area (Å²) in [5.41, 5.74) is 3.53. The van der Waals surface area contributed by atoms with Gasteiger partial charge in [-0.25, -0.2) is 0 Å². The quantitative estimate of drug-likeness (QED) is 0.742. The Morgan fingerprint density at radius 1 is 1.00 bits per heavy atom. The summed E-state index contributed by atoms with van der Waals surface area (Å²) in [6, 6.07) is 16.4. The number of carbonyl (C=O) groups is 1. The van der Waals surface area contributed by atoms with Crippen molar-refractivity contribution in [3.05, 3.63) is 65.2 Å². The van der Waals surface area contributed by atoms with Crippen LogP contribution in [0.25, 0.3) is 0 Å². The zero-order valence-corrected chi connectivity index (χ0v) is 18.0. The maximum absolute atomic E-state index is 12.3. The van der Waals surface area contributed by atoms with Crippen LogP contribution in [-0.2, 0) is 23.3 Å². The molecule has 1 aliphatic rings. The smallest absolute Gasteiger partial charge is 0.258 e. The summed E-state index contributed by atoms with van der Waals surface area (Å²) in [5, 5.41) is 2.98. The van der Waals surface area contributed by atoms with E-state index in [1.165, 1.54) is 37.9 Å². The van der Waals surface area contributed by atoms with Crippen molar-refractivity contribution in [1.82, 2.24) is 10.2 Å². The minimum absolute atomic E-state index is 0.0259. The first-order chi connectivity index (χ1) is 13.9. The molecular formula is C25H34N2O2. The summed E-state index contributed by atoms with van der Waals surface area (Å²) in [6.07, 6.45) is 3.95. The van der Waals surface area contributed by atoms with E-state index in [0.717, 1.165) is 23.4 Å². The lowest BCUT2D eigenvalue weighted by molar-refractivity contribution is -0.123. The lowest BCUT2D eigenvalue weighted by Gasteiger charge is -2.26. The number of ether oxygens (including phenoxy) is 1. The van der Waals surface area contributed by atoms with Crippen LogP contribution in [0.1, 0.15) is 56.7 Å². The average Bonchev–Trinajstić information content (AvgIpc) is 2.71. The molecule has 4 heteroatoms. The monoisotopic (exact) mass is 394 g/mol. The maximum atomic E-state index is 12.3. The Balaban J connectivity index is 1.49. The van der Waals surface area contributed by atoms with Gasteiger partial charge in [-0.05, 0) is 54.1 Å². The van der Waals surface area contributed by atoms with Crippen LogP contribution in [0, 0.1) is 0 Å². The molecule has 1 aliphatic heterocycles. The number of para-hydroxylation sites is 1. The van der Waals surface area contributed by atoms with Crippen LogP contribution < -0.4 is 10.1 Å². The van der Waals surface area contributed by atoms with Crippen LogP contribution in [0.2, 0.25) is 0 Å². The topological polar surface area (TPSA) is 41.6 Å². The first kappa shape index (κ1) is 21.4. The fourth-order valence-electron chi connectivity index (χ4n) is 3.82. The molecule has 29 heavy (non-hydrogen) atoms. The van der Waals surface area contributed by atoms with E-state index in [2.05, 4.69) is 61.3 Å². The van der Waals surface area contributed by atoms with Crippen molar-refractivity contribution in [3.63, 3.8) is 0 Å². The normalized spacial score (nSPS) is 15.1. The molecule has 1 fully saturated rings. The Bertz CT molecular complexity index is 804. The average molecular weight is 395 g/mol. The molecule has 0 atom stereocenters. The van der Waals surface area contributed by atoms with E-state index in [1.807, 2.05) is 18.2 Å². The van der Waals surface area contributed by atoms with Gasteiger partial charge in [0.2, 0.25) is 0 Å². The van der Waals surface area contributed by atoms with E-state index in [-0.39, 0.29) is 17.9 Å². The van der Waals surface area contributed by atoms with E-state index in [1.54, 1.807) is 0 Å². The number of piperidine rings is 1. The lowest BCUT2D eigenvalue weighted by atomic mass is 9.86. The molecule has 1 amide bonds. The third kappa shape index (κ3) is 6.60. The highest BCUT2D eigenvalue weighted by Crippen LogP contribution is 2.30. The van der Waals surface area contributed by atoms with Crippen molar-refractivity contribution in [2.75, 3.05) is 19.7 Å². The van der Waals surface area contributed by atoms with Gasteiger partial charge in [-0.2, -0.15) is 0 Å². The van der Waals surface area contributed by atoms with E-state index >= 15 is 0 Å². The van der Waals surface area contributed by atoms with Crippen molar-refractivity contribution < 1.29 is 9.53 Å². The van der Waals surface area contributed by atoms with Crippen LogP contribution in [-0.4, -0.2) is 30.5 Å². The number of rotatable bonds is 7. The van der Waals surface area contributed by atoms with Gasteiger partial charge < -0.3 is 10.1 Å². The van der Waals surface area contributed by atoms with E-state index in [4.69, 9.17) is 4.74 Å². The Morgan fingerprint density at radius 2 is 1.72 bits per heavy atom. The Labute approximate surface area is 175 Å². The summed E-state index contributed by atoms with van der Waals surface area (Å²) in [6.45, 7) is 10.4. The number of likely N-dealkylation sites (tertiary alicyclic amines) is 1. The van der Waals surface area contributed by atoms with Crippen LogP contribution >= 0.6 is 0 Å². The highest BCUT2D eigenvalue weighted by molar-refractivity contribution is 5.77. The van der Waals surface area contributed by atoms with Gasteiger partial charge in [0.05, 0.1) is 0 Å². The molecule has 0 bridgehead atoms. The van der Waals surface area contributed by atoms with Crippen LogP contribution in [0.3, 0.4) is 0 Å². The summed E-state index contributed by atoms with van der Waals surface area (Å²) in [7, 11) is 0. The van der Waals surface area contributed by atoms with Crippen molar-refractivity contribution in [1.29, 1.82) is 0 Å². The van der Waals surface area contributed by atoms with Crippen molar-refractivity contribution >= 4 is 5.91 Å².